The van der Waals surface area contributed by atoms with Crippen molar-refractivity contribution in [1.29, 1.82) is 0 Å². The van der Waals surface area contributed by atoms with Crippen molar-refractivity contribution >= 4 is 5.78 Å². The summed E-state index contributed by atoms with van der Waals surface area (Å²) in [5.41, 5.74) is 1.32. The fourth-order valence-electron chi connectivity index (χ4n) is 2.10. The van der Waals surface area contributed by atoms with E-state index in [1.165, 1.54) is 0 Å². The first-order valence-electron chi connectivity index (χ1n) is 5.91. The fraction of sp³-hybridized carbons (Fsp3) is 0.357. The van der Waals surface area contributed by atoms with Crippen LogP contribution in [-0.4, -0.2) is 12.4 Å². The van der Waals surface area contributed by atoms with Crippen molar-refractivity contribution in [3.8, 4) is 0 Å². The number of benzene rings is 1. The Kier molecular flexibility index (Phi) is 4.07. The van der Waals surface area contributed by atoms with Crippen LogP contribution >= 0.6 is 0 Å². The first-order valence-corrected chi connectivity index (χ1v) is 5.91. The predicted molar refractivity (Wildman–Crippen MR) is 63.1 cm³/mol. The van der Waals surface area contributed by atoms with Crippen LogP contribution in [0.2, 0.25) is 0 Å². The summed E-state index contributed by atoms with van der Waals surface area (Å²) in [4.78, 5) is 11.8. The van der Waals surface area contributed by atoms with Gasteiger partial charge in [-0.3, -0.25) is 4.79 Å². The minimum atomic E-state index is -2.86. The Morgan fingerprint density at radius 1 is 1.17 bits per heavy atom. The maximum Gasteiger partial charge on any atom is 0.387 e. The molecular formula is C14H14F2O2. The van der Waals surface area contributed by atoms with Crippen LogP contribution < -0.4 is 0 Å². The largest absolute Gasteiger partial charge is 0.439 e. The van der Waals surface area contributed by atoms with Gasteiger partial charge in [0.1, 0.15) is 5.76 Å². The van der Waals surface area contributed by atoms with E-state index < -0.39 is 6.61 Å². The molecule has 0 atom stereocenters. The second-order valence-electron chi connectivity index (χ2n) is 4.22. The van der Waals surface area contributed by atoms with E-state index in [1.807, 2.05) is 30.3 Å². The zero-order valence-corrected chi connectivity index (χ0v) is 9.86. The quantitative estimate of drug-likeness (QED) is 0.820. The molecule has 18 heavy (non-hydrogen) atoms. The number of carbonyl (C=O) groups is 1. The number of allylic oxidation sites excluding steroid dienone is 2. The number of carbonyl (C=O) groups excluding carboxylic acids is 1. The van der Waals surface area contributed by atoms with Crippen LogP contribution in [0.15, 0.2) is 41.7 Å². The van der Waals surface area contributed by atoms with Crippen molar-refractivity contribution < 1.29 is 18.3 Å². The summed E-state index contributed by atoms with van der Waals surface area (Å²) < 4.78 is 29.1. The molecule has 0 N–H and O–H groups in total. The molecule has 1 aromatic carbocycles. The average Bonchev–Trinajstić information content (AvgIpc) is 2.34. The van der Waals surface area contributed by atoms with E-state index in [0.29, 0.717) is 31.3 Å². The van der Waals surface area contributed by atoms with Crippen LogP contribution in [0.1, 0.15) is 24.8 Å². The highest BCUT2D eigenvalue weighted by atomic mass is 19.3. The molecule has 0 fully saturated rings. The Balaban J connectivity index is 2.23. The Bertz CT molecular complexity index is 452. The summed E-state index contributed by atoms with van der Waals surface area (Å²) in [5.74, 6) is 0.0749. The van der Waals surface area contributed by atoms with Gasteiger partial charge in [0.2, 0.25) is 0 Å². The van der Waals surface area contributed by atoms with Crippen molar-refractivity contribution in [3.63, 3.8) is 0 Å². The lowest BCUT2D eigenvalue weighted by Crippen LogP contribution is -2.16. The number of ether oxygens (including phenoxy) is 1. The molecule has 1 aromatic rings. The maximum atomic E-state index is 12.3. The number of rotatable bonds is 4. The van der Waals surface area contributed by atoms with Crippen LogP contribution in [0.3, 0.4) is 0 Å². The second-order valence-corrected chi connectivity index (χ2v) is 4.22. The molecule has 0 amide bonds. The van der Waals surface area contributed by atoms with Gasteiger partial charge in [0.05, 0.1) is 0 Å². The molecule has 0 spiro atoms. The van der Waals surface area contributed by atoms with E-state index in [0.717, 1.165) is 5.56 Å². The van der Waals surface area contributed by atoms with E-state index in [2.05, 4.69) is 4.74 Å². The molecule has 96 valence electrons. The average molecular weight is 252 g/mol. The molecule has 0 aliphatic heterocycles. The molecule has 0 saturated heterocycles. The van der Waals surface area contributed by atoms with Crippen molar-refractivity contribution in [2.45, 2.75) is 32.3 Å². The van der Waals surface area contributed by atoms with Gasteiger partial charge in [-0.25, -0.2) is 0 Å². The van der Waals surface area contributed by atoms with E-state index in [9.17, 15) is 13.6 Å². The van der Waals surface area contributed by atoms with Crippen molar-refractivity contribution in [3.05, 3.63) is 47.2 Å². The van der Waals surface area contributed by atoms with Gasteiger partial charge in [0.25, 0.3) is 0 Å². The third-order valence-corrected chi connectivity index (χ3v) is 2.94. The van der Waals surface area contributed by atoms with E-state index >= 15 is 0 Å². The molecule has 2 rings (SSSR count). The SMILES string of the molecule is O=C1CCCC(OC(F)F)=C1Cc1ccccc1. The second kappa shape index (κ2) is 5.76. The minimum absolute atomic E-state index is 0.0826. The van der Waals surface area contributed by atoms with Gasteiger partial charge in [0, 0.05) is 24.8 Å². The molecular weight excluding hydrogens is 238 g/mol. The normalized spacial score (nSPS) is 16.3. The number of halogens is 2. The van der Waals surface area contributed by atoms with E-state index in [4.69, 9.17) is 0 Å². The summed E-state index contributed by atoms with van der Waals surface area (Å²) in [6.45, 7) is -2.86. The summed E-state index contributed by atoms with van der Waals surface area (Å²) in [6.07, 6.45) is 1.78. The van der Waals surface area contributed by atoms with Crippen molar-refractivity contribution in [2.75, 3.05) is 0 Å². The highest BCUT2D eigenvalue weighted by Gasteiger charge is 2.23. The van der Waals surface area contributed by atoms with Crippen molar-refractivity contribution in [1.82, 2.24) is 0 Å². The van der Waals surface area contributed by atoms with Gasteiger partial charge in [-0.15, -0.1) is 0 Å². The lowest BCUT2D eigenvalue weighted by molar-refractivity contribution is -0.119. The van der Waals surface area contributed by atoms with Crippen LogP contribution in [0.5, 0.6) is 0 Å². The number of Topliss-reactive ketones (excluding diaryl/α,β-unsaturated/α-hetero) is 1. The number of ketones is 1. The van der Waals surface area contributed by atoms with Gasteiger partial charge < -0.3 is 4.74 Å². The van der Waals surface area contributed by atoms with Gasteiger partial charge in [-0.2, -0.15) is 8.78 Å². The minimum Gasteiger partial charge on any atom is -0.439 e. The lowest BCUT2D eigenvalue weighted by Gasteiger charge is -2.19. The molecule has 4 heteroatoms. The maximum absolute atomic E-state index is 12.3. The smallest absolute Gasteiger partial charge is 0.387 e. The summed E-state index contributed by atoms with van der Waals surface area (Å²) in [5, 5.41) is 0. The first kappa shape index (κ1) is 12.7. The van der Waals surface area contributed by atoms with Crippen molar-refractivity contribution in [2.24, 2.45) is 0 Å². The Morgan fingerprint density at radius 3 is 2.56 bits per heavy atom. The van der Waals surface area contributed by atoms with Gasteiger partial charge in [-0.1, -0.05) is 30.3 Å². The molecule has 0 radical (unpaired) electrons. The Hall–Kier alpha value is -1.71. The molecule has 0 heterocycles. The third kappa shape index (κ3) is 3.15. The molecule has 0 bridgehead atoms. The molecule has 1 aliphatic carbocycles. The highest BCUT2D eigenvalue weighted by Crippen LogP contribution is 2.27. The zero-order chi connectivity index (χ0) is 13.0. The predicted octanol–water partition coefficient (Wildman–Crippen LogP) is 3.48. The Morgan fingerprint density at radius 2 is 1.89 bits per heavy atom. The van der Waals surface area contributed by atoms with Crippen LogP contribution in [0.4, 0.5) is 8.78 Å². The number of hydrogen-bond acceptors (Lipinski definition) is 2. The molecule has 1 aliphatic rings. The van der Waals surface area contributed by atoms with Gasteiger partial charge in [0.15, 0.2) is 5.78 Å². The summed E-state index contributed by atoms with van der Waals surface area (Å²) in [6, 6.07) is 9.33. The zero-order valence-electron chi connectivity index (χ0n) is 9.86. The molecule has 2 nitrogen and oxygen atoms in total. The van der Waals surface area contributed by atoms with Crippen LogP contribution in [0.25, 0.3) is 0 Å². The monoisotopic (exact) mass is 252 g/mol. The standard InChI is InChI=1S/C14H14F2O2/c15-14(16)18-13-8-4-7-12(17)11(13)9-10-5-2-1-3-6-10/h1-3,5-6,14H,4,7-9H2. The number of alkyl halides is 2. The summed E-state index contributed by atoms with van der Waals surface area (Å²) >= 11 is 0. The van der Waals surface area contributed by atoms with Gasteiger partial charge >= 0.3 is 6.61 Å². The van der Waals surface area contributed by atoms with E-state index in [1.54, 1.807) is 0 Å². The topological polar surface area (TPSA) is 26.3 Å². The lowest BCUT2D eigenvalue weighted by atomic mass is 9.91. The highest BCUT2D eigenvalue weighted by molar-refractivity contribution is 5.97. The fourth-order valence-corrected chi connectivity index (χ4v) is 2.10. The first-order chi connectivity index (χ1) is 8.66. The summed E-state index contributed by atoms with van der Waals surface area (Å²) in [7, 11) is 0. The molecule has 0 unspecified atom stereocenters. The third-order valence-electron chi connectivity index (χ3n) is 2.94. The van der Waals surface area contributed by atoms with Crippen LogP contribution in [-0.2, 0) is 16.0 Å². The van der Waals surface area contributed by atoms with E-state index in [-0.39, 0.29) is 11.5 Å². The molecule has 0 saturated carbocycles. The van der Waals surface area contributed by atoms with Crippen LogP contribution in [0, 0.1) is 0 Å². The molecule has 0 aromatic heterocycles. The number of hydrogen-bond donors (Lipinski definition) is 0. The van der Waals surface area contributed by atoms with Gasteiger partial charge in [-0.05, 0) is 12.0 Å². The Labute approximate surface area is 104 Å².